The summed E-state index contributed by atoms with van der Waals surface area (Å²) in [7, 11) is 0. The van der Waals surface area contributed by atoms with Gasteiger partial charge in [0.05, 0.1) is 6.10 Å². The van der Waals surface area contributed by atoms with Gasteiger partial charge in [0.1, 0.15) is 24.7 Å². The van der Waals surface area contributed by atoms with Crippen LogP contribution in [0.2, 0.25) is 0 Å². The molecule has 0 saturated carbocycles. The van der Waals surface area contributed by atoms with Crippen LogP contribution in [0.4, 0.5) is 4.79 Å². The second kappa shape index (κ2) is 10.3. The highest BCUT2D eigenvalue weighted by molar-refractivity contribution is 6.37. The number of Topliss-reactive ketones (excluding diaryl/α,β-unsaturated/α-hetero) is 1. The Bertz CT molecular complexity index is 584. The molecule has 0 heterocycles. The molecule has 1 aromatic rings. The standard InChI is InChI=1S/C18H25NO6/c1-5-13(3)25-16-9-7-15(8-10-16)23-11-12-24-18(22)19(6-2)17(21)14(4)20/h7-10,13H,5-6,11-12H2,1-4H3. The van der Waals surface area contributed by atoms with Gasteiger partial charge in [0.15, 0.2) is 0 Å². The molecule has 7 nitrogen and oxygen atoms in total. The highest BCUT2D eigenvalue weighted by Gasteiger charge is 2.24. The van der Waals surface area contributed by atoms with Crippen molar-refractivity contribution in [2.45, 2.75) is 40.2 Å². The number of hydrogen-bond acceptors (Lipinski definition) is 6. The number of carbonyl (C=O) groups excluding carboxylic acids is 3. The van der Waals surface area contributed by atoms with Gasteiger partial charge in [-0.1, -0.05) is 6.92 Å². The van der Waals surface area contributed by atoms with Crippen molar-refractivity contribution in [1.29, 1.82) is 0 Å². The Morgan fingerprint density at radius 3 is 2.16 bits per heavy atom. The van der Waals surface area contributed by atoms with E-state index >= 15 is 0 Å². The zero-order chi connectivity index (χ0) is 18.8. The average Bonchev–Trinajstić information content (AvgIpc) is 2.60. The monoisotopic (exact) mass is 351 g/mol. The third-order valence-electron chi connectivity index (χ3n) is 3.40. The summed E-state index contributed by atoms with van der Waals surface area (Å²) in [5.41, 5.74) is 0. The molecule has 0 aliphatic heterocycles. The van der Waals surface area contributed by atoms with Gasteiger partial charge in [-0.15, -0.1) is 0 Å². The van der Waals surface area contributed by atoms with E-state index in [4.69, 9.17) is 14.2 Å². The molecule has 2 amide bonds. The van der Waals surface area contributed by atoms with Gasteiger partial charge in [-0.2, -0.15) is 0 Å². The topological polar surface area (TPSA) is 82.1 Å². The minimum absolute atomic E-state index is 0.0361. The number of ether oxygens (including phenoxy) is 3. The Morgan fingerprint density at radius 1 is 1.04 bits per heavy atom. The van der Waals surface area contributed by atoms with Crippen LogP contribution in [0.1, 0.15) is 34.1 Å². The average molecular weight is 351 g/mol. The van der Waals surface area contributed by atoms with E-state index in [1.165, 1.54) is 0 Å². The van der Waals surface area contributed by atoms with E-state index in [0.717, 1.165) is 24.0 Å². The largest absolute Gasteiger partial charge is 0.491 e. The fraction of sp³-hybridized carbons (Fsp3) is 0.500. The Labute approximate surface area is 147 Å². The maximum absolute atomic E-state index is 11.8. The van der Waals surface area contributed by atoms with E-state index in [-0.39, 0.29) is 25.9 Å². The molecule has 1 unspecified atom stereocenters. The number of imide groups is 1. The summed E-state index contributed by atoms with van der Waals surface area (Å²) in [6.07, 6.45) is 0.207. The molecule has 7 heteroatoms. The Hall–Kier alpha value is -2.57. The van der Waals surface area contributed by atoms with Crippen molar-refractivity contribution in [3.05, 3.63) is 24.3 Å². The summed E-state index contributed by atoms with van der Waals surface area (Å²) in [5, 5.41) is 0. The van der Waals surface area contributed by atoms with Crippen LogP contribution in [0.3, 0.4) is 0 Å². The Morgan fingerprint density at radius 2 is 1.64 bits per heavy atom. The van der Waals surface area contributed by atoms with Crippen molar-refractivity contribution in [2.24, 2.45) is 0 Å². The molecule has 0 bridgehead atoms. The third-order valence-corrected chi connectivity index (χ3v) is 3.40. The predicted molar refractivity (Wildman–Crippen MR) is 91.7 cm³/mol. The van der Waals surface area contributed by atoms with E-state index in [0.29, 0.717) is 5.75 Å². The van der Waals surface area contributed by atoms with Crippen LogP contribution in [-0.2, 0) is 14.3 Å². The SMILES string of the molecule is CCC(C)Oc1ccc(OCCOC(=O)N(CC)C(=O)C(C)=O)cc1. The molecule has 0 saturated heterocycles. The van der Waals surface area contributed by atoms with Gasteiger partial charge in [0, 0.05) is 13.5 Å². The minimum atomic E-state index is -0.884. The van der Waals surface area contributed by atoms with Crippen LogP contribution in [-0.4, -0.2) is 48.5 Å². The first-order chi connectivity index (χ1) is 11.9. The Kier molecular flexibility index (Phi) is 8.46. The van der Waals surface area contributed by atoms with Gasteiger partial charge in [-0.3, -0.25) is 9.59 Å². The van der Waals surface area contributed by atoms with E-state index in [9.17, 15) is 14.4 Å². The summed E-state index contributed by atoms with van der Waals surface area (Å²) >= 11 is 0. The van der Waals surface area contributed by atoms with Crippen molar-refractivity contribution in [3.8, 4) is 11.5 Å². The lowest BCUT2D eigenvalue weighted by Crippen LogP contribution is -2.40. The lowest BCUT2D eigenvalue weighted by molar-refractivity contribution is -0.142. The summed E-state index contributed by atoms with van der Waals surface area (Å²) in [6.45, 7) is 6.89. The van der Waals surface area contributed by atoms with E-state index in [1.807, 2.05) is 13.8 Å². The first-order valence-corrected chi connectivity index (χ1v) is 8.27. The number of amides is 2. The molecule has 0 radical (unpaired) electrons. The maximum Gasteiger partial charge on any atom is 0.416 e. The number of nitrogens with zero attached hydrogens (tertiary/aromatic N) is 1. The molecule has 0 N–H and O–H groups in total. The van der Waals surface area contributed by atoms with Crippen molar-refractivity contribution in [1.82, 2.24) is 4.90 Å². The van der Waals surface area contributed by atoms with Crippen molar-refractivity contribution < 1.29 is 28.6 Å². The smallest absolute Gasteiger partial charge is 0.416 e. The van der Waals surface area contributed by atoms with Crippen LogP contribution >= 0.6 is 0 Å². The first kappa shape index (κ1) is 20.5. The molecule has 0 fully saturated rings. The number of likely N-dealkylation sites (N-methyl/N-ethyl adjacent to an activating group) is 1. The molecular weight excluding hydrogens is 326 g/mol. The van der Waals surface area contributed by atoms with Gasteiger partial charge in [-0.05, 0) is 44.5 Å². The molecule has 1 aromatic carbocycles. The molecule has 0 aromatic heterocycles. The normalized spacial score (nSPS) is 11.4. The lowest BCUT2D eigenvalue weighted by Gasteiger charge is -2.17. The van der Waals surface area contributed by atoms with E-state index in [1.54, 1.807) is 31.2 Å². The summed E-state index contributed by atoms with van der Waals surface area (Å²) in [4.78, 5) is 35.1. The molecular formula is C18H25NO6. The fourth-order valence-electron chi connectivity index (χ4n) is 1.84. The fourth-order valence-corrected chi connectivity index (χ4v) is 1.84. The summed E-state index contributed by atoms with van der Waals surface area (Å²) in [6, 6.07) is 7.13. The second-order valence-corrected chi connectivity index (χ2v) is 5.38. The summed E-state index contributed by atoms with van der Waals surface area (Å²) in [5.74, 6) is -0.228. The van der Waals surface area contributed by atoms with Gasteiger partial charge < -0.3 is 14.2 Å². The van der Waals surface area contributed by atoms with Crippen molar-refractivity contribution >= 4 is 17.8 Å². The van der Waals surface area contributed by atoms with Crippen molar-refractivity contribution in [2.75, 3.05) is 19.8 Å². The van der Waals surface area contributed by atoms with Gasteiger partial charge >= 0.3 is 6.09 Å². The quantitative estimate of drug-likeness (QED) is 0.503. The van der Waals surface area contributed by atoms with Gasteiger partial charge in [0.2, 0.25) is 5.78 Å². The molecule has 138 valence electrons. The van der Waals surface area contributed by atoms with Crippen LogP contribution < -0.4 is 9.47 Å². The highest BCUT2D eigenvalue weighted by atomic mass is 16.6. The molecule has 1 atom stereocenters. The van der Waals surface area contributed by atoms with E-state index < -0.39 is 17.8 Å². The molecule has 0 aliphatic carbocycles. The van der Waals surface area contributed by atoms with Crippen LogP contribution in [0.25, 0.3) is 0 Å². The number of rotatable bonds is 9. The van der Waals surface area contributed by atoms with Crippen LogP contribution in [0.15, 0.2) is 24.3 Å². The second-order valence-electron chi connectivity index (χ2n) is 5.38. The lowest BCUT2D eigenvalue weighted by atomic mass is 10.3. The number of ketones is 1. The number of hydrogen-bond donors (Lipinski definition) is 0. The van der Waals surface area contributed by atoms with Gasteiger partial charge in [-0.25, -0.2) is 9.69 Å². The third kappa shape index (κ3) is 6.82. The first-order valence-electron chi connectivity index (χ1n) is 8.27. The van der Waals surface area contributed by atoms with Gasteiger partial charge in [0.25, 0.3) is 5.91 Å². The van der Waals surface area contributed by atoms with Crippen molar-refractivity contribution in [3.63, 3.8) is 0 Å². The predicted octanol–water partition coefficient (Wildman–Crippen LogP) is 2.82. The Balaban J connectivity index is 2.38. The van der Waals surface area contributed by atoms with Crippen LogP contribution in [0.5, 0.6) is 11.5 Å². The minimum Gasteiger partial charge on any atom is -0.491 e. The maximum atomic E-state index is 11.8. The van der Waals surface area contributed by atoms with E-state index in [2.05, 4.69) is 0 Å². The van der Waals surface area contributed by atoms with Crippen LogP contribution in [0, 0.1) is 0 Å². The molecule has 0 aliphatic rings. The number of benzene rings is 1. The number of carbonyl (C=O) groups is 3. The molecule has 0 spiro atoms. The molecule has 1 rings (SSSR count). The zero-order valence-corrected chi connectivity index (χ0v) is 15.1. The highest BCUT2D eigenvalue weighted by Crippen LogP contribution is 2.19. The molecule has 25 heavy (non-hydrogen) atoms. The zero-order valence-electron chi connectivity index (χ0n) is 15.1. The summed E-state index contributed by atoms with van der Waals surface area (Å²) < 4.78 is 16.1.